The molecule has 3 aromatic carbocycles. The third-order valence-electron chi connectivity index (χ3n) is 4.48. The van der Waals surface area contributed by atoms with Gasteiger partial charge in [-0.3, -0.25) is 9.59 Å². The Labute approximate surface area is 175 Å². The first-order valence-corrected chi connectivity index (χ1v) is 10.5. The van der Waals surface area contributed by atoms with Gasteiger partial charge in [0.05, 0.1) is 16.0 Å². The molecule has 0 saturated carbocycles. The second-order valence-electron chi connectivity index (χ2n) is 6.62. The summed E-state index contributed by atoms with van der Waals surface area (Å²) in [6.07, 6.45) is 0. The SMILES string of the molecule is NS(=O)(=O)c1cc(F)cc(NC(=O)c2nn(-c3ccccc3)c(=O)c3ccccc23)c1. The molecule has 0 aliphatic rings. The third kappa shape index (κ3) is 4.06. The highest BCUT2D eigenvalue weighted by molar-refractivity contribution is 7.89. The van der Waals surface area contributed by atoms with Gasteiger partial charge >= 0.3 is 0 Å². The highest BCUT2D eigenvalue weighted by Crippen LogP contribution is 2.20. The summed E-state index contributed by atoms with van der Waals surface area (Å²) >= 11 is 0. The van der Waals surface area contributed by atoms with E-state index in [4.69, 9.17) is 5.14 Å². The summed E-state index contributed by atoms with van der Waals surface area (Å²) in [5, 5.41) is 12.2. The number of hydrogen-bond donors (Lipinski definition) is 2. The van der Waals surface area contributed by atoms with Crippen LogP contribution in [-0.2, 0) is 10.0 Å². The van der Waals surface area contributed by atoms with Crippen molar-refractivity contribution in [1.82, 2.24) is 9.78 Å². The molecule has 10 heteroatoms. The van der Waals surface area contributed by atoms with Crippen molar-refractivity contribution in [2.24, 2.45) is 5.14 Å². The fourth-order valence-electron chi connectivity index (χ4n) is 3.09. The van der Waals surface area contributed by atoms with Crippen molar-refractivity contribution in [3.05, 3.63) is 94.7 Å². The van der Waals surface area contributed by atoms with Gasteiger partial charge in [-0.05, 0) is 36.4 Å². The highest BCUT2D eigenvalue weighted by atomic mass is 32.2. The van der Waals surface area contributed by atoms with Crippen LogP contribution in [0.3, 0.4) is 0 Å². The van der Waals surface area contributed by atoms with Gasteiger partial charge in [0.2, 0.25) is 10.0 Å². The van der Waals surface area contributed by atoms with Gasteiger partial charge in [0.25, 0.3) is 11.5 Å². The fourth-order valence-corrected chi connectivity index (χ4v) is 3.66. The largest absolute Gasteiger partial charge is 0.320 e. The maximum absolute atomic E-state index is 13.9. The zero-order valence-corrected chi connectivity index (χ0v) is 16.6. The van der Waals surface area contributed by atoms with Gasteiger partial charge in [0.1, 0.15) is 5.82 Å². The highest BCUT2D eigenvalue weighted by Gasteiger charge is 2.19. The van der Waals surface area contributed by atoms with Gasteiger partial charge < -0.3 is 5.32 Å². The summed E-state index contributed by atoms with van der Waals surface area (Å²) in [4.78, 5) is 25.4. The van der Waals surface area contributed by atoms with Gasteiger partial charge in [-0.2, -0.15) is 9.78 Å². The number of sulfonamides is 1. The normalized spacial score (nSPS) is 11.4. The maximum Gasteiger partial charge on any atom is 0.279 e. The Morgan fingerprint density at radius 2 is 1.61 bits per heavy atom. The summed E-state index contributed by atoms with van der Waals surface area (Å²) in [6.45, 7) is 0. The standard InChI is InChI=1S/C21H15FN4O4S/c22-13-10-14(12-16(11-13)31(23,29)30)24-20(27)19-17-8-4-5-9-18(17)21(28)26(25-19)15-6-2-1-3-7-15/h1-12H,(H,24,27)(H2,23,29,30). The lowest BCUT2D eigenvalue weighted by atomic mass is 10.1. The number of fused-ring (bicyclic) bond motifs is 1. The maximum atomic E-state index is 13.9. The zero-order chi connectivity index (χ0) is 22.2. The Morgan fingerprint density at radius 1 is 0.968 bits per heavy atom. The molecule has 0 fully saturated rings. The first-order valence-electron chi connectivity index (χ1n) is 8.96. The molecule has 1 heterocycles. The first-order chi connectivity index (χ1) is 14.7. The number of carbonyl (C=O) groups excluding carboxylic acids is 1. The van der Waals surface area contributed by atoms with Crippen LogP contribution < -0.4 is 16.0 Å². The van der Waals surface area contributed by atoms with Crippen molar-refractivity contribution in [1.29, 1.82) is 0 Å². The minimum Gasteiger partial charge on any atom is -0.320 e. The number of benzene rings is 3. The molecule has 0 aliphatic heterocycles. The Bertz CT molecular complexity index is 1480. The van der Waals surface area contributed by atoms with E-state index >= 15 is 0 Å². The summed E-state index contributed by atoms with van der Waals surface area (Å²) in [5.74, 6) is -1.65. The van der Waals surface area contributed by atoms with Gasteiger partial charge in [-0.1, -0.05) is 36.4 Å². The summed E-state index contributed by atoms with van der Waals surface area (Å²) in [6, 6.07) is 17.7. The summed E-state index contributed by atoms with van der Waals surface area (Å²) in [5.41, 5.74) is -0.187. The van der Waals surface area contributed by atoms with E-state index in [0.29, 0.717) is 11.1 Å². The molecule has 31 heavy (non-hydrogen) atoms. The van der Waals surface area contributed by atoms with Crippen molar-refractivity contribution < 1.29 is 17.6 Å². The third-order valence-corrected chi connectivity index (χ3v) is 5.37. The monoisotopic (exact) mass is 438 g/mol. The molecule has 4 aromatic rings. The molecule has 0 unspecified atom stereocenters. The molecule has 8 nitrogen and oxygen atoms in total. The fraction of sp³-hybridized carbons (Fsp3) is 0. The van der Waals surface area contributed by atoms with Crippen LogP contribution in [0.5, 0.6) is 0 Å². The van der Waals surface area contributed by atoms with Gasteiger partial charge in [-0.25, -0.2) is 17.9 Å². The van der Waals surface area contributed by atoms with Crippen molar-refractivity contribution in [3.8, 4) is 5.69 Å². The lowest BCUT2D eigenvalue weighted by molar-refractivity contribution is 0.102. The van der Waals surface area contributed by atoms with E-state index in [0.717, 1.165) is 22.9 Å². The molecule has 0 saturated heterocycles. The molecule has 0 atom stereocenters. The number of nitrogens with two attached hydrogens (primary N) is 1. The van der Waals surface area contributed by atoms with Crippen LogP contribution >= 0.6 is 0 Å². The Morgan fingerprint density at radius 3 is 2.29 bits per heavy atom. The van der Waals surface area contributed by atoms with E-state index in [9.17, 15) is 22.4 Å². The lowest BCUT2D eigenvalue weighted by Crippen LogP contribution is -2.26. The van der Waals surface area contributed by atoms with Crippen LogP contribution in [-0.4, -0.2) is 24.1 Å². The number of carbonyl (C=O) groups is 1. The van der Waals surface area contributed by atoms with E-state index < -0.39 is 32.2 Å². The van der Waals surface area contributed by atoms with Crippen LogP contribution in [0.4, 0.5) is 10.1 Å². The van der Waals surface area contributed by atoms with Crippen molar-refractivity contribution in [2.45, 2.75) is 4.90 Å². The molecule has 3 N–H and O–H groups in total. The number of aromatic nitrogens is 2. The van der Waals surface area contributed by atoms with Gasteiger partial charge in [-0.15, -0.1) is 0 Å². The first kappa shape index (κ1) is 20.4. The quantitative estimate of drug-likeness (QED) is 0.506. The average Bonchev–Trinajstić information content (AvgIpc) is 2.74. The molecular weight excluding hydrogens is 423 g/mol. The molecule has 0 radical (unpaired) electrons. The van der Waals surface area contributed by atoms with Crippen LogP contribution in [0, 0.1) is 5.82 Å². The summed E-state index contributed by atoms with van der Waals surface area (Å²) < 4.78 is 38.1. The number of amides is 1. The van der Waals surface area contributed by atoms with Crippen molar-refractivity contribution >= 4 is 32.4 Å². The van der Waals surface area contributed by atoms with Crippen molar-refractivity contribution in [3.63, 3.8) is 0 Å². The molecule has 156 valence electrons. The predicted octanol–water partition coefficient (Wildman–Crippen LogP) is 2.42. The van der Waals surface area contributed by atoms with E-state index in [2.05, 4.69) is 10.4 Å². The number of nitrogens with one attached hydrogen (secondary N) is 1. The number of nitrogens with zero attached hydrogens (tertiary/aromatic N) is 2. The molecule has 1 amide bonds. The van der Waals surface area contributed by atoms with E-state index in [1.807, 2.05) is 0 Å². The molecule has 4 rings (SSSR count). The van der Waals surface area contributed by atoms with Gasteiger partial charge in [0, 0.05) is 11.1 Å². The average molecular weight is 438 g/mol. The lowest BCUT2D eigenvalue weighted by Gasteiger charge is -2.12. The topological polar surface area (TPSA) is 124 Å². The number of para-hydroxylation sites is 1. The second-order valence-corrected chi connectivity index (χ2v) is 8.18. The molecule has 0 aliphatic carbocycles. The van der Waals surface area contributed by atoms with E-state index in [-0.39, 0.29) is 16.8 Å². The number of halogens is 1. The Kier molecular flexibility index (Phi) is 5.09. The Hall–Kier alpha value is -3.89. The number of hydrogen-bond acceptors (Lipinski definition) is 5. The number of primary sulfonamides is 1. The van der Waals surface area contributed by atoms with Crippen LogP contribution in [0.1, 0.15) is 10.5 Å². The number of rotatable bonds is 4. The zero-order valence-electron chi connectivity index (χ0n) is 15.8. The molecule has 0 spiro atoms. The summed E-state index contributed by atoms with van der Waals surface area (Å²) in [7, 11) is -4.18. The number of anilines is 1. The van der Waals surface area contributed by atoms with Crippen LogP contribution in [0.25, 0.3) is 16.5 Å². The van der Waals surface area contributed by atoms with E-state index in [1.54, 1.807) is 54.6 Å². The minimum atomic E-state index is -4.18. The van der Waals surface area contributed by atoms with Crippen LogP contribution in [0.2, 0.25) is 0 Å². The van der Waals surface area contributed by atoms with E-state index in [1.165, 1.54) is 0 Å². The molecule has 0 bridgehead atoms. The molecular formula is C21H15FN4O4S. The van der Waals surface area contributed by atoms with Crippen molar-refractivity contribution in [2.75, 3.05) is 5.32 Å². The Balaban J connectivity index is 1.85. The predicted molar refractivity (Wildman–Crippen MR) is 113 cm³/mol. The minimum absolute atomic E-state index is 0.0968. The second kappa shape index (κ2) is 7.74. The van der Waals surface area contributed by atoms with Crippen LogP contribution in [0.15, 0.2) is 82.5 Å². The smallest absolute Gasteiger partial charge is 0.279 e. The molecule has 1 aromatic heterocycles. The van der Waals surface area contributed by atoms with Gasteiger partial charge in [0.15, 0.2) is 5.69 Å².